The van der Waals surface area contributed by atoms with Crippen molar-refractivity contribution in [1.82, 2.24) is 0 Å². The molecule has 3 aromatic rings. The van der Waals surface area contributed by atoms with Gasteiger partial charge in [-0.3, -0.25) is 9.59 Å². The molecule has 31 heavy (non-hydrogen) atoms. The van der Waals surface area contributed by atoms with Gasteiger partial charge in [0.25, 0.3) is 11.8 Å². The number of imide groups is 1. The number of hydrogen-bond donors (Lipinski definition) is 1. The Morgan fingerprint density at radius 3 is 2.16 bits per heavy atom. The predicted octanol–water partition coefficient (Wildman–Crippen LogP) is 5.63. The minimum atomic E-state index is -1.07. The molecule has 0 radical (unpaired) electrons. The van der Waals surface area contributed by atoms with E-state index in [0.717, 1.165) is 28.2 Å². The van der Waals surface area contributed by atoms with Crippen LogP contribution in [0.4, 0.5) is 20.2 Å². The van der Waals surface area contributed by atoms with Crippen molar-refractivity contribution in [2.45, 2.75) is 13.8 Å². The third-order valence-corrected chi connectivity index (χ3v) is 5.41. The molecule has 0 saturated heterocycles. The summed E-state index contributed by atoms with van der Waals surface area (Å²) in [7, 11) is 0. The molecule has 1 heterocycles. The Labute approximate surface area is 182 Å². The van der Waals surface area contributed by atoms with Gasteiger partial charge in [0.1, 0.15) is 5.70 Å². The number of benzene rings is 3. The van der Waals surface area contributed by atoms with E-state index in [1.807, 2.05) is 26.0 Å². The maximum atomic E-state index is 13.7. The molecule has 7 heteroatoms. The molecule has 0 aromatic heterocycles. The molecule has 0 saturated carbocycles. The van der Waals surface area contributed by atoms with Gasteiger partial charge in [-0.05, 0) is 66.9 Å². The summed E-state index contributed by atoms with van der Waals surface area (Å²) in [6.07, 6.45) is 0. The lowest BCUT2D eigenvalue weighted by Gasteiger charge is -2.15. The zero-order valence-electron chi connectivity index (χ0n) is 16.7. The molecule has 3 aromatic carbocycles. The first-order valence-electron chi connectivity index (χ1n) is 9.44. The van der Waals surface area contributed by atoms with E-state index in [0.29, 0.717) is 16.3 Å². The first kappa shape index (κ1) is 20.8. The summed E-state index contributed by atoms with van der Waals surface area (Å²) in [4.78, 5) is 27.7. The predicted molar refractivity (Wildman–Crippen MR) is 117 cm³/mol. The van der Waals surface area contributed by atoms with Gasteiger partial charge < -0.3 is 5.32 Å². The van der Waals surface area contributed by atoms with E-state index in [-0.39, 0.29) is 17.0 Å². The average molecular weight is 439 g/mol. The molecule has 0 spiro atoms. The van der Waals surface area contributed by atoms with Crippen LogP contribution in [0.15, 0.2) is 66.4 Å². The van der Waals surface area contributed by atoms with E-state index in [4.69, 9.17) is 11.6 Å². The van der Waals surface area contributed by atoms with Crippen molar-refractivity contribution in [2.24, 2.45) is 0 Å². The molecule has 0 fully saturated rings. The minimum Gasteiger partial charge on any atom is -0.350 e. The van der Waals surface area contributed by atoms with Crippen molar-refractivity contribution >= 4 is 40.4 Å². The fourth-order valence-corrected chi connectivity index (χ4v) is 3.48. The van der Waals surface area contributed by atoms with Crippen LogP contribution in [0.25, 0.3) is 5.57 Å². The molecule has 0 bridgehead atoms. The number of nitrogens with zero attached hydrogens (tertiary/aromatic N) is 1. The first-order chi connectivity index (χ1) is 14.8. The van der Waals surface area contributed by atoms with Gasteiger partial charge in [0.05, 0.1) is 11.3 Å². The highest BCUT2D eigenvalue weighted by atomic mass is 35.5. The smallest absolute Gasteiger partial charge is 0.282 e. The SMILES string of the molecule is Cc1ccc(C2=C(Nc3ccc(F)c(F)c3)C(=O)N(c3ccc(Cl)cc3)C2=O)cc1C. The van der Waals surface area contributed by atoms with Gasteiger partial charge in [-0.15, -0.1) is 0 Å². The summed E-state index contributed by atoms with van der Waals surface area (Å²) in [5.41, 5.74) is 3.15. The Morgan fingerprint density at radius 1 is 0.806 bits per heavy atom. The molecule has 1 aliphatic heterocycles. The number of nitrogens with one attached hydrogen (secondary N) is 1. The fraction of sp³-hybridized carbons (Fsp3) is 0.0833. The zero-order valence-corrected chi connectivity index (χ0v) is 17.4. The summed E-state index contributed by atoms with van der Waals surface area (Å²) >= 11 is 5.93. The molecule has 1 N–H and O–H groups in total. The standard InChI is InChI=1S/C24H17ClF2N2O2/c1-13-3-4-15(11-14(13)2)21-22(28-17-7-10-19(26)20(27)12-17)24(31)29(23(21)30)18-8-5-16(25)6-9-18/h3-12,28H,1-2H3. The Morgan fingerprint density at radius 2 is 1.52 bits per heavy atom. The lowest BCUT2D eigenvalue weighted by molar-refractivity contribution is -0.120. The number of rotatable bonds is 4. The molecule has 0 atom stereocenters. The van der Waals surface area contributed by atoms with E-state index in [9.17, 15) is 18.4 Å². The maximum Gasteiger partial charge on any atom is 0.282 e. The van der Waals surface area contributed by atoms with E-state index < -0.39 is 23.4 Å². The van der Waals surface area contributed by atoms with Crippen LogP contribution in [-0.2, 0) is 9.59 Å². The van der Waals surface area contributed by atoms with Crippen LogP contribution in [0, 0.1) is 25.5 Å². The molecular formula is C24H17ClF2N2O2. The molecule has 2 amide bonds. The van der Waals surface area contributed by atoms with Gasteiger partial charge in [0, 0.05) is 16.8 Å². The molecule has 0 aliphatic carbocycles. The van der Waals surface area contributed by atoms with Crippen LogP contribution in [0.1, 0.15) is 16.7 Å². The van der Waals surface area contributed by atoms with Crippen molar-refractivity contribution in [3.05, 3.63) is 99.7 Å². The number of hydrogen-bond acceptors (Lipinski definition) is 3. The van der Waals surface area contributed by atoms with Crippen LogP contribution in [0.2, 0.25) is 5.02 Å². The highest BCUT2D eigenvalue weighted by molar-refractivity contribution is 6.46. The van der Waals surface area contributed by atoms with Gasteiger partial charge in [-0.2, -0.15) is 0 Å². The molecule has 0 unspecified atom stereocenters. The number of aryl methyl sites for hydroxylation is 2. The van der Waals surface area contributed by atoms with E-state index in [2.05, 4.69) is 5.32 Å². The van der Waals surface area contributed by atoms with Gasteiger partial charge in [-0.1, -0.05) is 29.8 Å². The average Bonchev–Trinajstić information content (AvgIpc) is 2.97. The summed E-state index contributed by atoms with van der Waals surface area (Å²) in [6.45, 7) is 3.84. The van der Waals surface area contributed by atoms with Gasteiger partial charge in [-0.25, -0.2) is 13.7 Å². The summed E-state index contributed by atoms with van der Waals surface area (Å²) in [6, 6.07) is 14.9. The number of amides is 2. The number of carbonyl (C=O) groups is 2. The van der Waals surface area contributed by atoms with Crippen molar-refractivity contribution in [3.8, 4) is 0 Å². The Bertz CT molecular complexity index is 1250. The molecule has 156 valence electrons. The van der Waals surface area contributed by atoms with Gasteiger partial charge >= 0.3 is 0 Å². The number of carbonyl (C=O) groups excluding carboxylic acids is 2. The fourth-order valence-electron chi connectivity index (χ4n) is 3.35. The van der Waals surface area contributed by atoms with E-state index >= 15 is 0 Å². The third-order valence-electron chi connectivity index (χ3n) is 5.15. The minimum absolute atomic E-state index is 0.0192. The van der Waals surface area contributed by atoms with Crippen molar-refractivity contribution < 1.29 is 18.4 Å². The lowest BCUT2D eigenvalue weighted by Crippen LogP contribution is -2.32. The van der Waals surface area contributed by atoms with Crippen molar-refractivity contribution in [1.29, 1.82) is 0 Å². The van der Waals surface area contributed by atoms with Crippen LogP contribution in [0.3, 0.4) is 0 Å². The highest BCUT2D eigenvalue weighted by Crippen LogP contribution is 2.35. The molecular weight excluding hydrogens is 422 g/mol. The van der Waals surface area contributed by atoms with Gasteiger partial charge in [0.2, 0.25) is 0 Å². The van der Waals surface area contributed by atoms with Crippen LogP contribution in [-0.4, -0.2) is 11.8 Å². The van der Waals surface area contributed by atoms with Gasteiger partial charge in [0.15, 0.2) is 11.6 Å². The lowest BCUT2D eigenvalue weighted by atomic mass is 9.99. The summed E-state index contributed by atoms with van der Waals surface area (Å²) in [5.74, 6) is -3.21. The monoisotopic (exact) mass is 438 g/mol. The second-order valence-corrected chi connectivity index (χ2v) is 7.66. The summed E-state index contributed by atoms with van der Waals surface area (Å²) in [5, 5.41) is 3.28. The molecule has 1 aliphatic rings. The topological polar surface area (TPSA) is 49.4 Å². The zero-order chi connectivity index (χ0) is 22.3. The number of anilines is 2. The van der Waals surface area contributed by atoms with E-state index in [1.54, 1.807) is 30.3 Å². The van der Waals surface area contributed by atoms with Crippen molar-refractivity contribution in [2.75, 3.05) is 10.2 Å². The largest absolute Gasteiger partial charge is 0.350 e. The van der Waals surface area contributed by atoms with Crippen molar-refractivity contribution in [3.63, 3.8) is 0 Å². The Kier molecular flexibility index (Phi) is 5.33. The van der Waals surface area contributed by atoms with E-state index in [1.165, 1.54) is 6.07 Å². The maximum absolute atomic E-state index is 13.7. The third kappa shape index (κ3) is 3.82. The first-order valence-corrected chi connectivity index (χ1v) is 9.82. The quantitative estimate of drug-likeness (QED) is 0.537. The molecule has 4 rings (SSSR count). The Balaban J connectivity index is 1.84. The molecule has 4 nitrogen and oxygen atoms in total. The van der Waals surface area contributed by atoms with Crippen LogP contribution < -0.4 is 10.2 Å². The summed E-state index contributed by atoms with van der Waals surface area (Å²) < 4.78 is 27.1. The normalized spacial score (nSPS) is 13.9. The van der Waals surface area contributed by atoms with Crippen LogP contribution >= 0.6 is 11.6 Å². The second-order valence-electron chi connectivity index (χ2n) is 7.23. The highest BCUT2D eigenvalue weighted by Gasteiger charge is 2.40. The van der Waals surface area contributed by atoms with Crippen LogP contribution in [0.5, 0.6) is 0 Å². The number of halogens is 3. The second kappa shape index (κ2) is 7.96. The Hall–Kier alpha value is -3.51.